The number of pyridine rings is 2. The van der Waals surface area contributed by atoms with Gasteiger partial charge in [0.2, 0.25) is 0 Å². The van der Waals surface area contributed by atoms with Crippen LogP contribution in [0.5, 0.6) is 5.75 Å². The van der Waals surface area contributed by atoms with Crippen LogP contribution in [-0.2, 0) is 11.5 Å². The van der Waals surface area contributed by atoms with Crippen molar-refractivity contribution in [1.82, 2.24) is 24.8 Å². The van der Waals surface area contributed by atoms with E-state index < -0.39 is 20.0 Å². The first-order chi connectivity index (χ1) is 16.7. The van der Waals surface area contributed by atoms with Crippen molar-refractivity contribution < 1.29 is 18.7 Å². The van der Waals surface area contributed by atoms with Crippen molar-refractivity contribution in [3.63, 3.8) is 0 Å². The van der Waals surface area contributed by atoms with Gasteiger partial charge in [0, 0.05) is 39.2 Å². The number of nitrogens with one attached hydrogen (secondary N) is 1. The molecule has 0 bridgehead atoms. The van der Waals surface area contributed by atoms with E-state index in [1.807, 2.05) is 13.0 Å². The number of likely N-dealkylation sites (N-methyl/N-ethyl adjacent to an activating group) is 1. The van der Waals surface area contributed by atoms with E-state index in [1.54, 1.807) is 21.7 Å². The Hall–Kier alpha value is -3.07. The van der Waals surface area contributed by atoms with E-state index in [-0.39, 0.29) is 24.2 Å². The molecule has 4 heterocycles. The summed E-state index contributed by atoms with van der Waals surface area (Å²) in [6, 6.07) is 4.56. The molecular formula is C24H31FN6O3Si. The zero-order valence-electron chi connectivity index (χ0n) is 20.6. The number of hydrogen-bond acceptors (Lipinski definition) is 7. The molecule has 9 nitrogen and oxygen atoms in total. The number of ether oxygens (including phenoxy) is 2. The summed E-state index contributed by atoms with van der Waals surface area (Å²) in [4.78, 5) is 23.2. The molecule has 35 heavy (non-hydrogen) atoms. The van der Waals surface area contributed by atoms with Crippen LogP contribution < -0.4 is 10.1 Å². The van der Waals surface area contributed by atoms with Gasteiger partial charge in [-0.1, -0.05) is 19.6 Å². The zero-order valence-corrected chi connectivity index (χ0v) is 21.6. The summed E-state index contributed by atoms with van der Waals surface area (Å²) >= 11 is 0. The molecular weight excluding hydrogens is 467 g/mol. The highest BCUT2D eigenvalue weighted by atomic mass is 28.3. The van der Waals surface area contributed by atoms with E-state index >= 15 is 4.39 Å². The maximum atomic E-state index is 15.1. The van der Waals surface area contributed by atoms with Crippen LogP contribution in [0, 0.1) is 17.1 Å². The summed E-state index contributed by atoms with van der Waals surface area (Å²) in [5, 5.41) is 13.5. The summed E-state index contributed by atoms with van der Waals surface area (Å²) in [7, 11) is -1.27. The Morgan fingerprint density at radius 2 is 2.17 bits per heavy atom. The van der Waals surface area contributed by atoms with Crippen LogP contribution in [0.4, 0.5) is 9.18 Å². The molecule has 186 valence electrons. The van der Waals surface area contributed by atoms with Crippen LogP contribution in [0.25, 0.3) is 21.9 Å². The lowest BCUT2D eigenvalue weighted by Crippen LogP contribution is -2.43. The number of nitriles is 1. The molecule has 0 aliphatic carbocycles. The molecule has 3 aromatic rings. The van der Waals surface area contributed by atoms with E-state index in [4.69, 9.17) is 9.47 Å². The highest BCUT2D eigenvalue weighted by Crippen LogP contribution is 2.37. The molecule has 1 aliphatic rings. The molecule has 1 N–H and O–H groups in total. The Bertz CT molecular complexity index is 1280. The molecule has 3 aromatic heterocycles. The molecule has 1 amide bonds. The van der Waals surface area contributed by atoms with Crippen LogP contribution in [0.2, 0.25) is 25.7 Å². The average Bonchev–Trinajstić information content (AvgIpc) is 3.45. The molecule has 1 aliphatic heterocycles. The number of nitrogens with zero attached hydrogens (tertiary/aromatic N) is 5. The minimum atomic E-state index is -1.27. The first-order valence-corrected chi connectivity index (χ1v) is 15.6. The fourth-order valence-electron chi connectivity index (χ4n) is 4.30. The number of fused-ring (bicyclic) bond motifs is 3. The normalized spacial score (nSPS) is 16.1. The monoisotopic (exact) mass is 498 g/mol. The van der Waals surface area contributed by atoms with Gasteiger partial charge in [0.05, 0.1) is 23.3 Å². The fourth-order valence-corrected chi connectivity index (χ4v) is 5.06. The third-order valence-electron chi connectivity index (χ3n) is 6.24. The highest BCUT2D eigenvalue weighted by molar-refractivity contribution is 6.76. The van der Waals surface area contributed by atoms with Gasteiger partial charge in [0.15, 0.2) is 11.6 Å². The van der Waals surface area contributed by atoms with Gasteiger partial charge < -0.3 is 19.7 Å². The van der Waals surface area contributed by atoms with Crippen molar-refractivity contribution in [2.75, 3.05) is 26.2 Å². The molecule has 1 unspecified atom stereocenters. The molecule has 4 rings (SSSR count). The van der Waals surface area contributed by atoms with Gasteiger partial charge in [0.25, 0.3) is 0 Å². The van der Waals surface area contributed by atoms with Gasteiger partial charge in [0.1, 0.15) is 24.1 Å². The fraction of sp³-hybridized carbons (Fsp3) is 0.500. The number of hydrogen-bond donors (Lipinski definition) is 1. The van der Waals surface area contributed by atoms with E-state index in [1.165, 1.54) is 0 Å². The molecule has 1 saturated heterocycles. The van der Waals surface area contributed by atoms with Crippen molar-refractivity contribution in [3.05, 3.63) is 30.0 Å². The lowest BCUT2D eigenvalue weighted by atomic mass is 10.2. The smallest absolute Gasteiger partial charge is 0.406 e. The largest absolute Gasteiger partial charge is 0.415 e. The molecule has 0 radical (unpaired) electrons. The van der Waals surface area contributed by atoms with E-state index in [2.05, 4.69) is 34.9 Å². The second-order valence-corrected chi connectivity index (χ2v) is 15.5. The maximum absolute atomic E-state index is 15.1. The Kier molecular flexibility index (Phi) is 7.35. The number of aromatic nitrogens is 3. The quantitative estimate of drug-likeness (QED) is 0.368. The number of rotatable bonds is 8. The van der Waals surface area contributed by atoms with Gasteiger partial charge in [-0.15, -0.1) is 0 Å². The summed E-state index contributed by atoms with van der Waals surface area (Å²) < 4.78 is 28.5. The summed E-state index contributed by atoms with van der Waals surface area (Å²) in [5.74, 6) is -0.953. The first kappa shape index (κ1) is 25.0. The zero-order chi connectivity index (χ0) is 25.2. The van der Waals surface area contributed by atoms with Crippen LogP contribution >= 0.6 is 0 Å². The second kappa shape index (κ2) is 10.3. The highest BCUT2D eigenvalue weighted by Gasteiger charge is 2.29. The van der Waals surface area contributed by atoms with Gasteiger partial charge in [-0.3, -0.25) is 4.57 Å². The van der Waals surface area contributed by atoms with Crippen LogP contribution in [0.3, 0.4) is 0 Å². The van der Waals surface area contributed by atoms with Gasteiger partial charge >= 0.3 is 6.09 Å². The number of carbonyl (C=O) groups excluding carboxylic acids is 1. The van der Waals surface area contributed by atoms with E-state index in [0.717, 1.165) is 25.2 Å². The lowest BCUT2D eigenvalue weighted by Gasteiger charge is -2.26. The van der Waals surface area contributed by atoms with Crippen molar-refractivity contribution in [3.8, 4) is 11.8 Å². The predicted molar refractivity (Wildman–Crippen MR) is 133 cm³/mol. The Morgan fingerprint density at radius 3 is 2.83 bits per heavy atom. The standard InChI is InChI=1S/C24H31FN6O3Si/c1-5-30(17-6-7-27-12-17)24(32)34-22-19(25)13-29-23-21(22)18-10-16(11-26)28-14-20(18)31(23)15-33-8-9-35(2,3)4/h10,13-14,17,27H,5-9,12,15H2,1-4H3. The van der Waals surface area contributed by atoms with Crippen molar-refractivity contribution in [1.29, 1.82) is 5.26 Å². The minimum Gasteiger partial charge on any atom is -0.406 e. The Morgan fingerprint density at radius 1 is 1.37 bits per heavy atom. The Labute approximate surface area is 204 Å². The first-order valence-electron chi connectivity index (χ1n) is 11.9. The van der Waals surface area contributed by atoms with Gasteiger partial charge in [-0.25, -0.2) is 19.2 Å². The Balaban J connectivity index is 1.76. The lowest BCUT2D eigenvalue weighted by molar-refractivity contribution is 0.0925. The second-order valence-electron chi connectivity index (χ2n) is 9.91. The average molecular weight is 499 g/mol. The third kappa shape index (κ3) is 5.29. The number of amides is 1. The van der Waals surface area contributed by atoms with Crippen molar-refractivity contribution in [2.45, 2.75) is 51.8 Å². The van der Waals surface area contributed by atoms with E-state index in [0.29, 0.717) is 41.6 Å². The molecule has 0 saturated carbocycles. The molecule has 0 aromatic carbocycles. The SMILES string of the molecule is CCN(C(=O)Oc1c(F)cnc2c1c1cc(C#N)ncc1n2COCC[Si](C)(C)C)C1CCNC1. The number of carbonyl (C=O) groups is 1. The molecule has 0 spiro atoms. The van der Waals surface area contributed by atoms with Crippen LogP contribution in [0.1, 0.15) is 19.0 Å². The van der Waals surface area contributed by atoms with Crippen LogP contribution in [0.15, 0.2) is 18.5 Å². The molecule has 1 fully saturated rings. The molecule has 11 heteroatoms. The van der Waals surface area contributed by atoms with Crippen molar-refractivity contribution >= 4 is 36.1 Å². The minimum absolute atomic E-state index is 0.0108. The summed E-state index contributed by atoms with van der Waals surface area (Å²) in [6.45, 7) is 11.4. The van der Waals surface area contributed by atoms with E-state index in [9.17, 15) is 10.1 Å². The number of halogens is 1. The third-order valence-corrected chi connectivity index (χ3v) is 7.94. The van der Waals surface area contributed by atoms with Crippen LogP contribution in [-0.4, -0.2) is 65.9 Å². The van der Waals surface area contributed by atoms with Gasteiger partial charge in [-0.2, -0.15) is 5.26 Å². The molecule has 1 atom stereocenters. The maximum Gasteiger partial charge on any atom is 0.415 e. The summed E-state index contributed by atoms with van der Waals surface area (Å²) in [5.41, 5.74) is 1.19. The van der Waals surface area contributed by atoms with Gasteiger partial charge in [-0.05, 0) is 32.0 Å². The summed E-state index contributed by atoms with van der Waals surface area (Å²) in [6.07, 6.45) is 2.79. The predicted octanol–water partition coefficient (Wildman–Crippen LogP) is 4.09. The topological polar surface area (TPSA) is 105 Å². The van der Waals surface area contributed by atoms with Crippen molar-refractivity contribution in [2.24, 2.45) is 0 Å².